The third kappa shape index (κ3) is 4.09. The second-order valence-electron chi connectivity index (χ2n) is 6.56. The number of nitrogens with two attached hydrogens (primary N) is 1. The van der Waals surface area contributed by atoms with E-state index in [-0.39, 0.29) is 5.97 Å². The van der Waals surface area contributed by atoms with Gasteiger partial charge in [-0.15, -0.1) is 10.2 Å². The van der Waals surface area contributed by atoms with E-state index in [9.17, 15) is 4.79 Å². The number of hydrogen-bond donors (Lipinski definition) is 1. The van der Waals surface area contributed by atoms with Crippen molar-refractivity contribution in [1.29, 1.82) is 0 Å². The molecule has 7 heteroatoms. The van der Waals surface area contributed by atoms with Gasteiger partial charge in [0.15, 0.2) is 5.82 Å². The average Bonchev–Trinajstić information content (AvgIpc) is 3.11. The standard InChI is InChI=1S/C22H20N4O2S/c1-28-21(27)17-11-9-15(10-12-17)14-29-22-25-24-20(26(22)23)13-18-7-4-6-16-5-2-3-8-19(16)18/h2-12H,13-14,23H2,1H3. The summed E-state index contributed by atoms with van der Waals surface area (Å²) in [6, 6.07) is 21.8. The Morgan fingerprint density at radius 2 is 1.79 bits per heavy atom. The third-order valence-corrected chi connectivity index (χ3v) is 5.72. The van der Waals surface area contributed by atoms with E-state index < -0.39 is 0 Å². The Hall–Kier alpha value is -3.32. The van der Waals surface area contributed by atoms with Crippen molar-refractivity contribution in [2.24, 2.45) is 0 Å². The molecule has 3 aromatic carbocycles. The highest BCUT2D eigenvalue weighted by Crippen LogP contribution is 2.24. The van der Waals surface area contributed by atoms with Crippen LogP contribution < -0.4 is 5.84 Å². The third-order valence-electron chi connectivity index (χ3n) is 4.71. The Labute approximate surface area is 172 Å². The van der Waals surface area contributed by atoms with E-state index in [1.807, 2.05) is 30.3 Å². The van der Waals surface area contributed by atoms with Crippen molar-refractivity contribution < 1.29 is 9.53 Å². The SMILES string of the molecule is COC(=O)c1ccc(CSc2nnc(Cc3cccc4ccccc34)n2N)cc1. The van der Waals surface area contributed by atoms with Crippen LogP contribution in [0.25, 0.3) is 10.8 Å². The van der Waals surface area contributed by atoms with E-state index in [4.69, 9.17) is 10.6 Å². The van der Waals surface area contributed by atoms with Crippen LogP contribution in [0.1, 0.15) is 27.3 Å². The first-order chi connectivity index (χ1) is 14.2. The molecule has 0 atom stereocenters. The molecule has 0 saturated heterocycles. The maximum absolute atomic E-state index is 11.5. The van der Waals surface area contributed by atoms with Crippen molar-refractivity contribution in [2.45, 2.75) is 17.3 Å². The van der Waals surface area contributed by atoms with Gasteiger partial charge in [0.05, 0.1) is 12.7 Å². The molecule has 0 aliphatic carbocycles. The number of carbonyl (C=O) groups excluding carboxylic acids is 1. The lowest BCUT2D eigenvalue weighted by Crippen LogP contribution is -2.14. The number of esters is 1. The van der Waals surface area contributed by atoms with Gasteiger partial charge in [-0.3, -0.25) is 0 Å². The molecule has 0 unspecified atom stereocenters. The number of thioether (sulfide) groups is 1. The maximum atomic E-state index is 11.5. The zero-order valence-corrected chi connectivity index (χ0v) is 16.7. The second kappa shape index (κ2) is 8.36. The number of rotatable bonds is 6. The van der Waals surface area contributed by atoms with Crippen molar-refractivity contribution in [3.8, 4) is 0 Å². The zero-order valence-electron chi connectivity index (χ0n) is 15.9. The summed E-state index contributed by atoms with van der Waals surface area (Å²) in [6.07, 6.45) is 0.610. The molecule has 0 fully saturated rings. The summed E-state index contributed by atoms with van der Waals surface area (Å²) in [5, 5.41) is 11.6. The second-order valence-corrected chi connectivity index (χ2v) is 7.50. The van der Waals surface area contributed by atoms with Gasteiger partial charge >= 0.3 is 5.97 Å². The number of benzene rings is 3. The van der Waals surface area contributed by atoms with Crippen molar-refractivity contribution >= 4 is 28.5 Å². The first kappa shape index (κ1) is 19.0. The van der Waals surface area contributed by atoms with Gasteiger partial charge in [-0.05, 0) is 34.0 Å². The van der Waals surface area contributed by atoms with Gasteiger partial charge in [-0.1, -0.05) is 66.4 Å². The molecule has 0 saturated carbocycles. The van der Waals surface area contributed by atoms with Gasteiger partial charge in [-0.25, -0.2) is 9.47 Å². The van der Waals surface area contributed by atoms with Gasteiger partial charge in [0.25, 0.3) is 0 Å². The molecule has 2 N–H and O–H groups in total. The molecule has 0 spiro atoms. The Morgan fingerprint density at radius 3 is 2.59 bits per heavy atom. The highest BCUT2D eigenvalue weighted by Gasteiger charge is 2.13. The molecule has 1 aromatic heterocycles. The van der Waals surface area contributed by atoms with Crippen LogP contribution in [-0.2, 0) is 16.9 Å². The van der Waals surface area contributed by atoms with Crippen LogP contribution in [0.3, 0.4) is 0 Å². The highest BCUT2D eigenvalue weighted by atomic mass is 32.2. The minimum atomic E-state index is -0.344. The molecule has 4 rings (SSSR count). The van der Waals surface area contributed by atoms with E-state index in [0.29, 0.717) is 28.7 Å². The topological polar surface area (TPSA) is 83.0 Å². The first-order valence-electron chi connectivity index (χ1n) is 9.12. The fraction of sp³-hybridized carbons (Fsp3) is 0.136. The molecule has 0 bridgehead atoms. The summed E-state index contributed by atoms with van der Waals surface area (Å²) in [5.74, 6) is 7.29. The van der Waals surface area contributed by atoms with Crippen molar-refractivity contribution in [2.75, 3.05) is 13.0 Å². The summed E-state index contributed by atoms with van der Waals surface area (Å²) < 4.78 is 6.27. The van der Waals surface area contributed by atoms with Crippen LogP contribution in [0.2, 0.25) is 0 Å². The molecule has 1 heterocycles. The van der Waals surface area contributed by atoms with Crippen LogP contribution >= 0.6 is 11.8 Å². The van der Waals surface area contributed by atoms with Crippen LogP contribution in [-0.4, -0.2) is 28.0 Å². The molecule has 146 valence electrons. The Kier molecular flexibility index (Phi) is 5.48. The predicted octanol–water partition coefficient (Wildman–Crippen LogP) is 3.81. The molecule has 0 amide bonds. The smallest absolute Gasteiger partial charge is 0.337 e. The zero-order chi connectivity index (χ0) is 20.2. The number of fused-ring (bicyclic) bond motifs is 1. The molecular formula is C22H20N4O2S. The number of nitrogens with zero attached hydrogens (tertiary/aromatic N) is 3. The largest absolute Gasteiger partial charge is 0.465 e. The molecule has 4 aromatic rings. The number of ether oxygens (including phenoxy) is 1. The number of carbonyl (C=O) groups is 1. The number of aromatic nitrogens is 3. The molecule has 0 aliphatic heterocycles. The maximum Gasteiger partial charge on any atom is 0.337 e. The van der Waals surface area contributed by atoms with Gasteiger partial charge in [0, 0.05) is 12.2 Å². The molecule has 0 aliphatic rings. The molecule has 0 radical (unpaired) electrons. The van der Waals surface area contributed by atoms with E-state index in [0.717, 1.165) is 11.1 Å². The normalized spacial score (nSPS) is 10.9. The van der Waals surface area contributed by atoms with E-state index in [1.165, 1.54) is 29.6 Å². The Bertz CT molecular complexity index is 1150. The Balaban J connectivity index is 1.46. The number of nitrogen functional groups attached to an aromatic ring is 1. The lowest BCUT2D eigenvalue weighted by molar-refractivity contribution is 0.0600. The predicted molar refractivity (Wildman–Crippen MR) is 114 cm³/mol. The quantitative estimate of drug-likeness (QED) is 0.299. The molecule has 6 nitrogen and oxygen atoms in total. The van der Waals surface area contributed by atoms with E-state index in [1.54, 1.807) is 16.8 Å². The van der Waals surface area contributed by atoms with Crippen LogP contribution in [0.5, 0.6) is 0 Å². The van der Waals surface area contributed by atoms with E-state index >= 15 is 0 Å². The van der Waals surface area contributed by atoms with Crippen LogP contribution in [0.4, 0.5) is 0 Å². The molecule has 29 heavy (non-hydrogen) atoms. The number of methoxy groups -OCH3 is 1. The minimum Gasteiger partial charge on any atom is -0.465 e. The lowest BCUT2D eigenvalue weighted by atomic mass is 10.0. The number of hydrogen-bond acceptors (Lipinski definition) is 6. The van der Waals surface area contributed by atoms with Crippen molar-refractivity contribution in [1.82, 2.24) is 14.9 Å². The van der Waals surface area contributed by atoms with Crippen molar-refractivity contribution in [3.05, 3.63) is 89.2 Å². The summed E-state index contributed by atoms with van der Waals surface area (Å²) in [7, 11) is 1.37. The fourth-order valence-corrected chi connectivity index (χ4v) is 3.98. The molecular weight excluding hydrogens is 384 g/mol. The van der Waals surface area contributed by atoms with Crippen LogP contribution in [0.15, 0.2) is 71.9 Å². The van der Waals surface area contributed by atoms with Gasteiger partial charge < -0.3 is 10.6 Å². The first-order valence-corrected chi connectivity index (χ1v) is 10.1. The van der Waals surface area contributed by atoms with Crippen molar-refractivity contribution in [3.63, 3.8) is 0 Å². The summed E-state index contributed by atoms with van der Waals surface area (Å²) in [6.45, 7) is 0. The average molecular weight is 404 g/mol. The van der Waals surface area contributed by atoms with Crippen LogP contribution in [0, 0.1) is 0 Å². The summed E-state index contributed by atoms with van der Waals surface area (Å²) >= 11 is 1.50. The fourth-order valence-electron chi connectivity index (χ4n) is 3.15. The van der Waals surface area contributed by atoms with Gasteiger partial charge in [0.1, 0.15) is 0 Å². The minimum absolute atomic E-state index is 0.344. The van der Waals surface area contributed by atoms with E-state index in [2.05, 4.69) is 34.5 Å². The highest BCUT2D eigenvalue weighted by molar-refractivity contribution is 7.98. The Morgan fingerprint density at radius 1 is 1.03 bits per heavy atom. The van der Waals surface area contributed by atoms with Gasteiger partial charge in [-0.2, -0.15) is 0 Å². The lowest BCUT2D eigenvalue weighted by Gasteiger charge is -2.07. The monoisotopic (exact) mass is 404 g/mol. The summed E-state index contributed by atoms with van der Waals surface area (Å²) in [5.41, 5.74) is 2.75. The van der Waals surface area contributed by atoms with Gasteiger partial charge in [0.2, 0.25) is 5.16 Å². The summed E-state index contributed by atoms with van der Waals surface area (Å²) in [4.78, 5) is 11.5.